The maximum Gasteiger partial charge on any atom is 0.0794 e. The molecule has 0 saturated heterocycles. The van der Waals surface area contributed by atoms with Gasteiger partial charge in [-0.2, -0.15) is 0 Å². The first kappa shape index (κ1) is 11.2. The van der Waals surface area contributed by atoms with E-state index in [4.69, 9.17) is 5.73 Å². The van der Waals surface area contributed by atoms with Crippen LogP contribution in [0.5, 0.6) is 0 Å². The van der Waals surface area contributed by atoms with Crippen LogP contribution in [0.3, 0.4) is 0 Å². The van der Waals surface area contributed by atoms with Crippen molar-refractivity contribution in [2.45, 2.75) is 25.3 Å². The molecule has 0 aliphatic carbocycles. The molecule has 84 valence electrons. The van der Waals surface area contributed by atoms with Gasteiger partial charge in [0.1, 0.15) is 0 Å². The predicted molar refractivity (Wildman–Crippen MR) is 66.4 cm³/mol. The lowest BCUT2D eigenvalue weighted by molar-refractivity contribution is 0.613. The molecule has 2 heterocycles. The molecule has 0 spiro atoms. The summed E-state index contributed by atoms with van der Waals surface area (Å²) in [5, 5.41) is 0. The van der Waals surface area contributed by atoms with E-state index < -0.39 is 0 Å². The van der Waals surface area contributed by atoms with Crippen LogP contribution < -0.4 is 5.73 Å². The minimum Gasteiger partial charge on any atom is -0.327 e. The van der Waals surface area contributed by atoms with E-state index in [0.29, 0.717) is 0 Å². The number of pyridine rings is 1. The fourth-order valence-corrected chi connectivity index (χ4v) is 2.29. The summed E-state index contributed by atoms with van der Waals surface area (Å²) in [6.45, 7) is 0. The molecule has 0 radical (unpaired) electrons. The zero-order valence-corrected chi connectivity index (χ0v) is 9.86. The van der Waals surface area contributed by atoms with Crippen molar-refractivity contribution in [1.82, 2.24) is 9.97 Å². The largest absolute Gasteiger partial charge is 0.327 e. The predicted octanol–water partition coefficient (Wildman–Crippen LogP) is 2.04. The molecule has 2 N–H and O–H groups in total. The average Bonchev–Trinajstić information content (AvgIpc) is 2.81. The molecule has 1 atom stereocenters. The van der Waals surface area contributed by atoms with Crippen LogP contribution >= 0.6 is 11.3 Å². The number of hydrogen-bond donors (Lipinski definition) is 1. The third-order valence-electron chi connectivity index (χ3n) is 2.47. The van der Waals surface area contributed by atoms with Crippen LogP contribution in [-0.2, 0) is 12.8 Å². The molecular weight excluding hydrogens is 218 g/mol. The summed E-state index contributed by atoms with van der Waals surface area (Å²) >= 11 is 1.67. The summed E-state index contributed by atoms with van der Waals surface area (Å²) in [4.78, 5) is 9.40. The summed E-state index contributed by atoms with van der Waals surface area (Å²) in [6, 6.07) is 4.26. The summed E-state index contributed by atoms with van der Waals surface area (Å²) in [6.07, 6.45) is 8.50. The van der Waals surface area contributed by atoms with Crippen LogP contribution in [0.1, 0.15) is 16.9 Å². The van der Waals surface area contributed by atoms with Gasteiger partial charge in [0, 0.05) is 29.5 Å². The number of nitrogens with two attached hydrogens (primary N) is 1. The molecule has 0 saturated carbocycles. The fraction of sp³-hybridized carbons (Fsp3) is 0.333. The zero-order chi connectivity index (χ0) is 11.2. The van der Waals surface area contributed by atoms with Gasteiger partial charge in [0.25, 0.3) is 0 Å². The molecule has 0 aliphatic heterocycles. The lowest BCUT2D eigenvalue weighted by atomic mass is 10.0. The maximum absolute atomic E-state index is 6.07. The molecule has 4 heteroatoms. The Morgan fingerprint density at radius 2 is 2.25 bits per heavy atom. The molecule has 0 aliphatic rings. The van der Waals surface area contributed by atoms with Crippen molar-refractivity contribution in [1.29, 1.82) is 0 Å². The van der Waals surface area contributed by atoms with E-state index in [0.717, 1.165) is 19.3 Å². The molecule has 2 aromatic heterocycles. The Labute approximate surface area is 99.4 Å². The molecule has 0 fully saturated rings. The fourth-order valence-electron chi connectivity index (χ4n) is 1.60. The maximum atomic E-state index is 6.07. The van der Waals surface area contributed by atoms with E-state index in [2.05, 4.69) is 16.0 Å². The Morgan fingerprint density at radius 1 is 1.31 bits per heavy atom. The number of aromatic nitrogens is 2. The summed E-state index contributed by atoms with van der Waals surface area (Å²) in [5.74, 6) is 0. The van der Waals surface area contributed by atoms with Crippen molar-refractivity contribution in [3.63, 3.8) is 0 Å². The van der Waals surface area contributed by atoms with Crippen LogP contribution in [0.15, 0.2) is 36.2 Å². The van der Waals surface area contributed by atoms with Crippen LogP contribution in [0, 0.1) is 0 Å². The van der Waals surface area contributed by atoms with Gasteiger partial charge in [-0.15, -0.1) is 11.3 Å². The van der Waals surface area contributed by atoms with E-state index in [1.807, 2.05) is 24.0 Å². The SMILES string of the molecule is NC(CCc1cccnc1)Cc1cncs1. The van der Waals surface area contributed by atoms with Crippen LogP contribution in [0.25, 0.3) is 0 Å². The minimum absolute atomic E-state index is 0.209. The second-order valence-electron chi connectivity index (χ2n) is 3.83. The van der Waals surface area contributed by atoms with Crippen LogP contribution in [-0.4, -0.2) is 16.0 Å². The third-order valence-corrected chi connectivity index (χ3v) is 3.28. The normalized spacial score (nSPS) is 12.6. The van der Waals surface area contributed by atoms with E-state index in [9.17, 15) is 0 Å². The van der Waals surface area contributed by atoms with Gasteiger partial charge in [-0.3, -0.25) is 9.97 Å². The van der Waals surface area contributed by atoms with Gasteiger partial charge in [-0.05, 0) is 30.9 Å². The van der Waals surface area contributed by atoms with Gasteiger partial charge in [-0.1, -0.05) is 6.07 Å². The van der Waals surface area contributed by atoms with Crippen molar-refractivity contribution in [2.24, 2.45) is 5.73 Å². The van der Waals surface area contributed by atoms with Gasteiger partial charge in [0.05, 0.1) is 5.51 Å². The smallest absolute Gasteiger partial charge is 0.0794 e. The first-order valence-electron chi connectivity index (χ1n) is 5.36. The molecule has 16 heavy (non-hydrogen) atoms. The van der Waals surface area contributed by atoms with Gasteiger partial charge in [0.15, 0.2) is 0 Å². The van der Waals surface area contributed by atoms with Crippen molar-refractivity contribution < 1.29 is 0 Å². The number of hydrogen-bond acceptors (Lipinski definition) is 4. The molecule has 2 rings (SSSR count). The first-order valence-corrected chi connectivity index (χ1v) is 6.24. The third kappa shape index (κ3) is 3.40. The lowest BCUT2D eigenvalue weighted by Gasteiger charge is -2.09. The Kier molecular flexibility index (Phi) is 4.02. The van der Waals surface area contributed by atoms with Crippen molar-refractivity contribution in [2.75, 3.05) is 0 Å². The number of rotatable bonds is 5. The zero-order valence-electron chi connectivity index (χ0n) is 9.04. The van der Waals surface area contributed by atoms with Crippen molar-refractivity contribution in [3.05, 3.63) is 46.7 Å². The van der Waals surface area contributed by atoms with E-state index in [-0.39, 0.29) is 6.04 Å². The first-order chi connectivity index (χ1) is 7.84. The molecule has 2 aromatic rings. The van der Waals surface area contributed by atoms with E-state index in [1.165, 1.54) is 10.4 Å². The quantitative estimate of drug-likeness (QED) is 0.859. The molecule has 0 amide bonds. The number of thiazole rings is 1. The van der Waals surface area contributed by atoms with Crippen molar-refractivity contribution in [3.8, 4) is 0 Å². The Bertz CT molecular complexity index is 399. The van der Waals surface area contributed by atoms with E-state index >= 15 is 0 Å². The Hall–Kier alpha value is -1.26. The van der Waals surface area contributed by atoms with Gasteiger partial charge < -0.3 is 5.73 Å². The standard InChI is InChI=1S/C12H15N3S/c13-11(6-12-8-15-9-16-12)4-3-10-2-1-5-14-7-10/h1-2,5,7-9,11H,3-4,6,13H2. The Morgan fingerprint density at radius 3 is 2.94 bits per heavy atom. The average molecular weight is 233 g/mol. The van der Waals surface area contributed by atoms with Gasteiger partial charge in [0.2, 0.25) is 0 Å². The van der Waals surface area contributed by atoms with Gasteiger partial charge in [-0.25, -0.2) is 0 Å². The monoisotopic (exact) mass is 233 g/mol. The van der Waals surface area contributed by atoms with Crippen LogP contribution in [0.4, 0.5) is 0 Å². The highest BCUT2D eigenvalue weighted by atomic mass is 32.1. The topological polar surface area (TPSA) is 51.8 Å². The summed E-state index contributed by atoms with van der Waals surface area (Å²) in [5.41, 5.74) is 9.17. The number of nitrogens with zero attached hydrogens (tertiary/aromatic N) is 2. The second kappa shape index (κ2) is 5.72. The minimum atomic E-state index is 0.209. The summed E-state index contributed by atoms with van der Waals surface area (Å²) in [7, 11) is 0. The molecule has 0 bridgehead atoms. The molecule has 0 aromatic carbocycles. The highest BCUT2D eigenvalue weighted by Crippen LogP contribution is 2.11. The molecule has 3 nitrogen and oxygen atoms in total. The van der Waals surface area contributed by atoms with Crippen LogP contribution in [0.2, 0.25) is 0 Å². The van der Waals surface area contributed by atoms with E-state index in [1.54, 1.807) is 17.5 Å². The second-order valence-corrected chi connectivity index (χ2v) is 4.80. The highest BCUT2D eigenvalue weighted by Gasteiger charge is 2.05. The Balaban J connectivity index is 1.78. The molecule has 1 unspecified atom stereocenters. The molecular formula is C12H15N3S. The summed E-state index contributed by atoms with van der Waals surface area (Å²) < 4.78 is 0. The number of aryl methyl sites for hydroxylation is 1. The van der Waals surface area contributed by atoms with Gasteiger partial charge >= 0.3 is 0 Å². The highest BCUT2D eigenvalue weighted by molar-refractivity contribution is 7.09. The lowest BCUT2D eigenvalue weighted by Crippen LogP contribution is -2.23. The van der Waals surface area contributed by atoms with Crippen molar-refractivity contribution >= 4 is 11.3 Å².